The van der Waals surface area contributed by atoms with E-state index in [1.165, 1.54) is 19.3 Å². The summed E-state index contributed by atoms with van der Waals surface area (Å²) in [7, 11) is 1.65. The lowest BCUT2D eigenvalue weighted by atomic mass is 9.45. The first kappa shape index (κ1) is 28.1. The maximum absolute atomic E-state index is 12.6. The van der Waals surface area contributed by atoms with E-state index >= 15 is 0 Å². The summed E-state index contributed by atoms with van der Waals surface area (Å²) in [5.74, 6) is 2.30. The number of likely N-dealkylation sites (tertiary alicyclic amines) is 1. The fourth-order valence-electron chi connectivity index (χ4n) is 7.49. The van der Waals surface area contributed by atoms with E-state index in [4.69, 9.17) is 23.7 Å². The molecule has 8 nitrogen and oxygen atoms in total. The van der Waals surface area contributed by atoms with Crippen molar-refractivity contribution in [3.63, 3.8) is 0 Å². The van der Waals surface area contributed by atoms with Gasteiger partial charge in [0.25, 0.3) is 0 Å². The first-order valence-corrected chi connectivity index (χ1v) is 14.6. The van der Waals surface area contributed by atoms with Crippen molar-refractivity contribution in [1.82, 2.24) is 4.90 Å². The smallest absolute Gasteiger partial charge is 0.157 e. The van der Waals surface area contributed by atoms with Crippen molar-refractivity contribution in [1.29, 1.82) is 0 Å². The van der Waals surface area contributed by atoms with E-state index in [9.17, 15) is 10.2 Å². The summed E-state index contributed by atoms with van der Waals surface area (Å²) in [6.45, 7) is 11.2. The number of methoxy groups -OCH3 is 1. The van der Waals surface area contributed by atoms with E-state index in [1.54, 1.807) is 7.11 Å². The third-order valence-corrected chi connectivity index (χ3v) is 9.70. The van der Waals surface area contributed by atoms with Crippen molar-refractivity contribution in [2.75, 3.05) is 59.8 Å². The summed E-state index contributed by atoms with van der Waals surface area (Å²) in [4.78, 5) is 2.54. The van der Waals surface area contributed by atoms with Gasteiger partial charge in [0.1, 0.15) is 18.5 Å². The number of nitrogens with zero attached hydrogens (tertiary/aromatic N) is 1. The Kier molecular flexibility index (Phi) is 8.87. The highest BCUT2D eigenvalue weighted by Crippen LogP contribution is 2.69. The van der Waals surface area contributed by atoms with Gasteiger partial charge in [-0.2, -0.15) is 0 Å². The average molecular weight is 534 g/mol. The zero-order valence-corrected chi connectivity index (χ0v) is 23.2. The van der Waals surface area contributed by atoms with Gasteiger partial charge in [0.05, 0.1) is 44.7 Å². The Labute approximate surface area is 227 Å². The van der Waals surface area contributed by atoms with Crippen LogP contribution in [0.25, 0.3) is 0 Å². The molecular weight excluding hydrogens is 486 g/mol. The molecule has 0 aromatic rings. The first-order chi connectivity index (χ1) is 18.4. The second-order valence-corrected chi connectivity index (χ2v) is 11.9. The molecule has 8 heteroatoms. The van der Waals surface area contributed by atoms with E-state index < -0.39 is 23.2 Å². The molecule has 0 aromatic heterocycles. The number of hydrogen-bond donors (Lipinski definition) is 2. The minimum Gasteiger partial charge on any atom is -0.488 e. The summed E-state index contributed by atoms with van der Waals surface area (Å²) >= 11 is 0. The van der Waals surface area contributed by atoms with Gasteiger partial charge in [-0.25, -0.2) is 0 Å². The molecule has 0 amide bonds. The zero-order valence-electron chi connectivity index (χ0n) is 23.2. The molecule has 6 atom stereocenters. The van der Waals surface area contributed by atoms with Crippen molar-refractivity contribution < 1.29 is 33.9 Å². The monoisotopic (exact) mass is 533 g/mol. The number of aliphatic hydroxyl groups excluding tert-OH is 1. The van der Waals surface area contributed by atoms with Crippen molar-refractivity contribution in [3.05, 3.63) is 35.8 Å². The predicted octanol–water partition coefficient (Wildman–Crippen LogP) is 3.19. The van der Waals surface area contributed by atoms with Crippen LogP contribution in [0.1, 0.15) is 51.9 Å². The molecule has 1 spiro atoms. The van der Waals surface area contributed by atoms with Crippen LogP contribution >= 0.6 is 0 Å². The van der Waals surface area contributed by atoms with Crippen LogP contribution in [0.2, 0.25) is 0 Å². The highest BCUT2D eigenvalue weighted by atomic mass is 16.6. The third-order valence-electron chi connectivity index (χ3n) is 9.70. The highest BCUT2D eigenvalue weighted by molar-refractivity contribution is 5.37. The van der Waals surface area contributed by atoms with Gasteiger partial charge < -0.3 is 33.9 Å². The maximum Gasteiger partial charge on any atom is 0.157 e. The van der Waals surface area contributed by atoms with Gasteiger partial charge >= 0.3 is 0 Å². The largest absolute Gasteiger partial charge is 0.488 e. The molecule has 2 N–H and O–H groups in total. The van der Waals surface area contributed by atoms with E-state index in [0.717, 1.165) is 36.8 Å². The Balaban J connectivity index is 1.31. The Morgan fingerprint density at radius 2 is 1.87 bits per heavy atom. The number of fused-ring (bicyclic) bond motifs is 1. The molecular formula is C30H47NO7. The Bertz CT molecular complexity index is 901. The topological polar surface area (TPSA) is 89.9 Å². The van der Waals surface area contributed by atoms with Gasteiger partial charge in [0.2, 0.25) is 0 Å². The van der Waals surface area contributed by atoms with Gasteiger partial charge in [0, 0.05) is 44.0 Å². The molecule has 5 aliphatic rings. The minimum atomic E-state index is -0.912. The fourth-order valence-corrected chi connectivity index (χ4v) is 7.49. The molecule has 4 fully saturated rings. The molecule has 214 valence electrons. The van der Waals surface area contributed by atoms with Crippen LogP contribution < -0.4 is 0 Å². The Hall–Kier alpha value is -1.42. The Morgan fingerprint density at radius 3 is 2.55 bits per heavy atom. The summed E-state index contributed by atoms with van der Waals surface area (Å²) in [6.07, 6.45) is 9.49. The zero-order chi connectivity index (χ0) is 26.8. The van der Waals surface area contributed by atoms with Crippen molar-refractivity contribution in [2.45, 2.75) is 75.7 Å². The molecule has 0 aromatic carbocycles. The van der Waals surface area contributed by atoms with Crippen LogP contribution in [0.5, 0.6) is 0 Å². The number of aliphatic hydroxyl groups is 2. The fraction of sp³-hybridized carbons (Fsp3) is 0.800. The molecule has 3 aliphatic carbocycles. The van der Waals surface area contributed by atoms with Crippen LogP contribution in [0.3, 0.4) is 0 Å². The molecule has 2 saturated heterocycles. The van der Waals surface area contributed by atoms with E-state index in [-0.39, 0.29) is 12.0 Å². The summed E-state index contributed by atoms with van der Waals surface area (Å²) in [6, 6.07) is -0.00418. The normalized spacial score (nSPS) is 38.2. The van der Waals surface area contributed by atoms with E-state index in [0.29, 0.717) is 64.7 Å². The second-order valence-electron chi connectivity index (χ2n) is 11.9. The summed E-state index contributed by atoms with van der Waals surface area (Å²) in [5.41, 5.74) is -0.452. The molecule has 0 radical (unpaired) electrons. The molecule has 2 unspecified atom stereocenters. The lowest BCUT2D eigenvalue weighted by Crippen LogP contribution is -2.71. The summed E-state index contributed by atoms with van der Waals surface area (Å²) in [5, 5.41) is 23.7. The summed E-state index contributed by atoms with van der Waals surface area (Å²) < 4.78 is 28.8. The lowest BCUT2D eigenvalue weighted by Gasteiger charge is -2.61. The average Bonchev–Trinajstić information content (AvgIpc) is 3.38. The lowest BCUT2D eigenvalue weighted by molar-refractivity contribution is -0.244. The molecule has 5 rings (SSSR count). The maximum atomic E-state index is 12.6. The number of hydrogen-bond acceptors (Lipinski definition) is 8. The van der Waals surface area contributed by atoms with Crippen LogP contribution in [0.15, 0.2) is 35.8 Å². The molecule has 2 bridgehead atoms. The van der Waals surface area contributed by atoms with E-state index in [2.05, 4.69) is 11.5 Å². The molecule has 2 aliphatic heterocycles. The van der Waals surface area contributed by atoms with Gasteiger partial charge in [-0.15, -0.1) is 0 Å². The van der Waals surface area contributed by atoms with Crippen molar-refractivity contribution >= 4 is 0 Å². The van der Waals surface area contributed by atoms with Crippen LogP contribution in [-0.2, 0) is 23.7 Å². The number of rotatable bonds is 14. The first-order valence-electron chi connectivity index (χ1n) is 14.6. The standard InChI is InChI=1S/C30H47NO7/c1-4-24(32)28-29-17-23-20-31(19-22-6-5-7-22)27(30(23,29)33)16-21(2)8-9-25(26(18-29)38-28)37-15-14-36-13-12-35-11-10-34-3/h8-9,22-24,27-28,32-33H,2,4-7,10-20H2,1,3H3/b9-8-,26-25-/t23?,24-,27?,28-,29-,30+/m0/s1. The van der Waals surface area contributed by atoms with Gasteiger partial charge in [0.15, 0.2) is 5.76 Å². The van der Waals surface area contributed by atoms with Crippen LogP contribution in [0, 0.1) is 17.3 Å². The van der Waals surface area contributed by atoms with Gasteiger partial charge in [-0.3, -0.25) is 4.90 Å². The van der Waals surface area contributed by atoms with Crippen LogP contribution in [0.4, 0.5) is 0 Å². The highest BCUT2D eigenvalue weighted by Gasteiger charge is 2.77. The SMILES string of the molecule is C=C1/C=C\C(OCCOCCOCCOC)=C2/C[C@@]3(CC4CN(CC5CCC5)C(C1)[C@]43O)[C@H]([C@@H](O)CC)O2. The number of ether oxygens (including phenoxy) is 5. The van der Waals surface area contributed by atoms with Crippen LogP contribution in [-0.4, -0.2) is 98.8 Å². The Morgan fingerprint density at radius 1 is 1.13 bits per heavy atom. The second kappa shape index (κ2) is 12.0. The number of allylic oxidation sites excluding steroid dienone is 3. The molecule has 38 heavy (non-hydrogen) atoms. The molecule has 2 heterocycles. The third kappa shape index (κ3) is 5.08. The minimum absolute atomic E-state index is 0.00418. The van der Waals surface area contributed by atoms with Gasteiger partial charge in [-0.1, -0.05) is 31.6 Å². The van der Waals surface area contributed by atoms with Gasteiger partial charge in [-0.05, 0) is 44.1 Å². The predicted molar refractivity (Wildman–Crippen MR) is 143 cm³/mol. The van der Waals surface area contributed by atoms with Crippen molar-refractivity contribution in [2.24, 2.45) is 17.3 Å². The van der Waals surface area contributed by atoms with E-state index in [1.807, 2.05) is 19.1 Å². The quantitative estimate of drug-likeness (QED) is 0.329. The van der Waals surface area contributed by atoms with Crippen molar-refractivity contribution in [3.8, 4) is 0 Å². The molecule has 2 saturated carbocycles.